The van der Waals surface area contributed by atoms with Crippen LogP contribution in [0.2, 0.25) is 0 Å². The number of hydrogen-bond acceptors (Lipinski definition) is 3. The second-order valence-electron chi connectivity index (χ2n) is 5.04. The van der Waals surface area contributed by atoms with Crippen LogP contribution in [0.5, 0.6) is 5.75 Å². The van der Waals surface area contributed by atoms with Gasteiger partial charge in [-0.05, 0) is 54.4 Å². The van der Waals surface area contributed by atoms with Crippen LogP contribution in [0.25, 0.3) is 11.1 Å². The van der Waals surface area contributed by atoms with Crippen LogP contribution in [-0.2, 0) is 0 Å². The summed E-state index contributed by atoms with van der Waals surface area (Å²) < 4.78 is 5.46. The summed E-state index contributed by atoms with van der Waals surface area (Å²) >= 11 is 0. The standard InChI is InChI=1S/C20H18N2O/c1-2-23-20-14-10-17(11-15-20)16-8-12-19(13-9-16)22-21-18-6-4-3-5-7-18/h3-15H,2H2,1H3. The molecule has 0 N–H and O–H groups in total. The van der Waals surface area contributed by atoms with E-state index in [0.29, 0.717) is 6.61 Å². The van der Waals surface area contributed by atoms with Crippen LogP contribution in [0.4, 0.5) is 11.4 Å². The average molecular weight is 302 g/mol. The Morgan fingerprint density at radius 3 is 1.74 bits per heavy atom. The third kappa shape index (κ3) is 4.04. The number of azo groups is 1. The molecule has 0 radical (unpaired) electrons. The highest BCUT2D eigenvalue weighted by Gasteiger charge is 1.99. The van der Waals surface area contributed by atoms with Gasteiger partial charge in [0.2, 0.25) is 0 Å². The molecule has 3 aromatic rings. The minimum Gasteiger partial charge on any atom is -0.494 e. The maximum atomic E-state index is 5.46. The van der Waals surface area contributed by atoms with Crippen molar-refractivity contribution in [1.29, 1.82) is 0 Å². The first kappa shape index (κ1) is 15.0. The van der Waals surface area contributed by atoms with Crippen LogP contribution >= 0.6 is 0 Å². The molecule has 0 unspecified atom stereocenters. The van der Waals surface area contributed by atoms with E-state index in [1.54, 1.807) is 0 Å². The summed E-state index contributed by atoms with van der Waals surface area (Å²) in [6.07, 6.45) is 0. The normalized spacial score (nSPS) is 10.8. The zero-order valence-electron chi connectivity index (χ0n) is 13.0. The summed E-state index contributed by atoms with van der Waals surface area (Å²) in [5, 5.41) is 8.47. The van der Waals surface area contributed by atoms with E-state index < -0.39 is 0 Å². The maximum Gasteiger partial charge on any atom is 0.119 e. The molecule has 114 valence electrons. The minimum absolute atomic E-state index is 0.681. The van der Waals surface area contributed by atoms with Gasteiger partial charge in [0, 0.05) is 0 Å². The van der Waals surface area contributed by atoms with Gasteiger partial charge in [0.1, 0.15) is 5.75 Å². The van der Waals surface area contributed by atoms with Crippen molar-refractivity contribution in [2.75, 3.05) is 6.61 Å². The van der Waals surface area contributed by atoms with Gasteiger partial charge in [-0.25, -0.2) is 0 Å². The molecule has 0 aliphatic carbocycles. The Bertz CT molecular complexity index is 763. The largest absolute Gasteiger partial charge is 0.494 e. The summed E-state index contributed by atoms with van der Waals surface area (Å²) in [6.45, 7) is 2.66. The fraction of sp³-hybridized carbons (Fsp3) is 0.100. The summed E-state index contributed by atoms with van der Waals surface area (Å²) in [4.78, 5) is 0. The highest BCUT2D eigenvalue weighted by atomic mass is 16.5. The fourth-order valence-electron chi connectivity index (χ4n) is 2.24. The molecule has 0 aliphatic rings. The molecule has 0 spiro atoms. The van der Waals surface area contributed by atoms with Gasteiger partial charge in [0.15, 0.2) is 0 Å². The smallest absolute Gasteiger partial charge is 0.119 e. The number of nitrogens with zero attached hydrogens (tertiary/aromatic N) is 2. The van der Waals surface area contributed by atoms with E-state index in [-0.39, 0.29) is 0 Å². The van der Waals surface area contributed by atoms with Crippen molar-refractivity contribution in [2.24, 2.45) is 10.2 Å². The van der Waals surface area contributed by atoms with Crippen molar-refractivity contribution in [2.45, 2.75) is 6.92 Å². The fourth-order valence-corrected chi connectivity index (χ4v) is 2.24. The molecule has 0 fully saturated rings. The highest BCUT2D eigenvalue weighted by Crippen LogP contribution is 2.25. The van der Waals surface area contributed by atoms with E-state index >= 15 is 0 Å². The molecular weight excluding hydrogens is 284 g/mol. The first-order valence-corrected chi connectivity index (χ1v) is 7.65. The molecule has 3 nitrogen and oxygen atoms in total. The van der Waals surface area contributed by atoms with Gasteiger partial charge in [0.25, 0.3) is 0 Å². The quantitative estimate of drug-likeness (QED) is 0.519. The topological polar surface area (TPSA) is 34.0 Å². The zero-order chi connectivity index (χ0) is 15.9. The molecule has 0 aliphatic heterocycles. The molecule has 0 saturated heterocycles. The Kier molecular flexibility index (Phi) is 4.79. The van der Waals surface area contributed by atoms with Gasteiger partial charge < -0.3 is 4.74 Å². The van der Waals surface area contributed by atoms with Gasteiger partial charge in [-0.1, -0.05) is 42.5 Å². The van der Waals surface area contributed by atoms with Crippen molar-refractivity contribution >= 4 is 11.4 Å². The first-order chi connectivity index (χ1) is 11.3. The summed E-state index contributed by atoms with van der Waals surface area (Å²) in [7, 11) is 0. The molecule has 3 aromatic carbocycles. The monoisotopic (exact) mass is 302 g/mol. The molecule has 0 heterocycles. The zero-order valence-corrected chi connectivity index (χ0v) is 13.0. The van der Waals surface area contributed by atoms with Crippen molar-refractivity contribution in [3.8, 4) is 16.9 Å². The van der Waals surface area contributed by atoms with Crippen LogP contribution < -0.4 is 4.74 Å². The van der Waals surface area contributed by atoms with E-state index in [1.165, 1.54) is 0 Å². The van der Waals surface area contributed by atoms with Crippen molar-refractivity contribution in [3.63, 3.8) is 0 Å². The van der Waals surface area contributed by atoms with Crippen LogP contribution in [0, 0.1) is 0 Å². The van der Waals surface area contributed by atoms with E-state index in [1.807, 2.05) is 61.5 Å². The van der Waals surface area contributed by atoms with Crippen LogP contribution in [0.1, 0.15) is 6.92 Å². The van der Waals surface area contributed by atoms with Gasteiger partial charge in [-0.15, -0.1) is 0 Å². The average Bonchev–Trinajstić information content (AvgIpc) is 2.62. The lowest BCUT2D eigenvalue weighted by atomic mass is 10.1. The molecule has 0 bridgehead atoms. The lowest BCUT2D eigenvalue weighted by molar-refractivity contribution is 0.340. The SMILES string of the molecule is CCOc1ccc(-c2ccc(N=Nc3ccccc3)cc2)cc1. The predicted molar refractivity (Wildman–Crippen MR) is 93.7 cm³/mol. The molecule has 0 saturated carbocycles. The van der Waals surface area contributed by atoms with Crippen LogP contribution in [0.15, 0.2) is 89.1 Å². The van der Waals surface area contributed by atoms with Crippen LogP contribution in [-0.4, -0.2) is 6.61 Å². The van der Waals surface area contributed by atoms with Crippen molar-refractivity contribution in [1.82, 2.24) is 0 Å². The molecular formula is C20H18N2O. The Labute approximate surface area is 136 Å². The second kappa shape index (κ2) is 7.36. The molecule has 0 atom stereocenters. The molecule has 3 rings (SSSR count). The van der Waals surface area contributed by atoms with Crippen LogP contribution in [0.3, 0.4) is 0 Å². The number of hydrogen-bond donors (Lipinski definition) is 0. The predicted octanol–water partition coefficient (Wildman–Crippen LogP) is 6.17. The molecule has 0 amide bonds. The first-order valence-electron chi connectivity index (χ1n) is 7.65. The van der Waals surface area contributed by atoms with Crippen molar-refractivity contribution < 1.29 is 4.74 Å². The van der Waals surface area contributed by atoms with E-state index in [0.717, 1.165) is 28.3 Å². The van der Waals surface area contributed by atoms with Gasteiger partial charge in [-0.2, -0.15) is 10.2 Å². The second-order valence-corrected chi connectivity index (χ2v) is 5.04. The Balaban J connectivity index is 1.73. The summed E-state index contributed by atoms with van der Waals surface area (Å²) in [6, 6.07) is 25.9. The lowest BCUT2D eigenvalue weighted by Crippen LogP contribution is -1.90. The minimum atomic E-state index is 0.681. The Hall–Kier alpha value is -2.94. The number of ether oxygens (including phenoxy) is 1. The maximum absolute atomic E-state index is 5.46. The van der Waals surface area contributed by atoms with Gasteiger partial charge in [-0.3, -0.25) is 0 Å². The Morgan fingerprint density at radius 2 is 1.17 bits per heavy atom. The van der Waals surface area contributed by atoms with Gasteiger partial charge in [0.05, 0.1) is 18.0 Å². The lowest BCUT2D eigenvalue weighted by Gasteiger charge is -2.05. The summed E-state index contributed by atoms with van der Waals surface area (Å²) in [5.41, 5.74) is 3.98. The van der Waals surface area contributed by atoms with E-state index in [2.05, 4.69) is 34.5 Å². The third-order valence-corrected chi connectivity index (χ3v) is 3.40. The van der Waals surface area contributed by atoms with E-state index in [4.69, 9.17) is 4.74 Å². The number of rotatable bonds is 5. The molecule has 0 aromatic heterocycles. The third-order valence-electron chi connectivity index (χ3n) is 3.40. The van der Waals surface area contributed by atoms with E-state index in [9.17, 15) is 0 Å². The van der Waals surface area contributed by atoms with Crippen molar-refractivity contribution in [3.05, 3.63) is 78.9 Å². The summed E-state index contributed by atoms with van der Waals surface area (Å²) in [5.74, 6) is 0.893. The van der Waals surface area contributed by atoms with Gasteiger partial charge >= 0.3 is 0 Å². The Morgan fingerprint density at radius 1 is 0.652 bits per heavy atom. The molecule has 3 heteroatoms. The number of benzene rings is 3. The highest BCUT2D eigenvalue weighted by molar-refractivity contribution is 5.66. The molecule has 23 heavy (non-hydrogen) atoms.